The minimum Gasteiger partial charge on any atom is -0.234 e. The first-order valence-electron chi connectivity index (χ1n) is 4.71. The molecule has 14 heavy (non-hydrogen) atoms. The van der Waals surface area contributed by atoms with Crippen LogP contribution in [0.4, 0.5) is 8.78 Å². The SMILES string of the molecule is Cc1ccc2c(c1F)C(F)(P)C(C)C2. The van der Waals surface area contributed by atoms with E-state index in [-0.39, 0.29) is 17.3 Å². The van der Waals surface area contributed by atoms with Crippen molar-refractivity contribution in [3.63, 3.8) is 0 Å². The van der Waals surface area contributed by atoms with Crippen LogP contribution in [0.25, 0.3) is 0 Å². The summed E-state index contributed by atoms with van der Waals surface area (Å²) in [4.78, 5) is 0. The highest BCUT2D eigenvalue weighted by atomic mass is 31.0. The zero-order valence-electron chi connectivity index (χ0n) is 8.27. The summed E-state index contributed by atoms with van der Waals surface area (Å²) < 4.78 is 27.9. The Hall–Kier alpha value is -0.490. The van der Waals surface area contributed by atoms with Crippen LogP contribution in [0.5, 0.6) is 0 Å². The van der Waals surface area contributed by atoms with E-state index in [1.807, 2.05) is 13.0 Å². The molecule has 0 amide bonds. The van der Waals surface area contributed by atoms with Gasteiger partial charge in [-0.05, 0) is 24.5 Å². The molecular formula is C11H13F2P. The first-order chi connectivity index (χ1) is 6.44. The van der Waals surface area contributed by atoms with Gasteiger partial charge in [-0.25, -0.2) is 8.78 Å². The molecule has 76 valence electrons. The Morgan fingerprint density at radius 2 is 2.14 bits per heavy atom. The van der Waals surface area contributed by atoms with Crippen LogP contribution < -0.4 is 0 Å². The molecule has 3 unspecified atom stereocenters. The molecule has 3 heteroatoms. The number of aryl methyl sites for hydroxylation is 1. The van der Waals surface area contributed by atoms with Crippen LogP contribution in [-0.4, -0.2) is 0 Å². The van der Waals surface area contributed by atoms with Gasteiger partial charge < -0.3 is 0 Å². The lowest BCUT2D eigenvalue weighted by atomic mass is 10.0. The first-order valence-corrected chi connectivity index (χ1v) is 5.28. The molecule has 0 fully saturated rings. The van der Waals surface area contributed by atoms with Crippen molar-refractivity contribution < 1.29 is 8.78 Å². The molecule has 1 aliphatic carbocycles. The predicted molar refractivity (Wildman–Crippen MR) is 56.5 cm³/mol. The number of halogens is 2. The van der Waals surface area contributed by atoms with E-state index in [1.54, 1.807) is 13.0 Å². The maximum absolute atomic E-state index is 14.2. The van der Waals surface area contributed by atoms with Gasteiger partial charge in [-0.2, -0.15) is 0 Å². The molecule has 0 spiro atoms. The largest absolute Gasteiger partial charge is 0.234 e. The van der Waals surface area contributed by atoms with Gasteiger partial charge in [-0.3, -0.25) is 0 Å². The van der Waals surface area contributed by atoms with Crippen LogP contribution in [0, 0.1) is 18.7 Å². The van der Waals surface area contributed by atoms with Crippen molar-refractivity contribution in [2.24, 2.45) is 5.92 Å². The molecule has 1 aliphatic rings. The molecule has 1 aromatic rings. The van der Waals surface area contributed by atoms with Gasteiger partial charge in [-0.1, -0.05) is 28.3 Å². The summed E-state index contributed by atoms with van der Waals surface area (Å²) in [5.74, 6) is -0.553. The first kappa shape index (κ1) is 10.0. The summed E-state index contributed by atoms with van der Waals surface area (Å²) in [5.41, 5.74) is 1.57. The quantitative estimate of drug-likeness (QED) is 0.581. The average molecular weight is 214 g/mol. The third-order valence-electron chi connectivity index (χ3n) is 3.05. The van der Waals surface area contributed by atoms with E-state index in [2.05, 4.69) is 9.24 Å². The molecule has 3 atom stereocenters. The molecule has 0 radical (unpaired) electrons. The topological polar surface area (TPSA) is 0 Å². The minimum absolute atomic E-state index is 0.168. The molecule has 0 saturated heterocycles. The number of hydrogen-bond donors (Lipinski definition) is 0. The third-order valence-corrected chi connectivity index (χ3v) is 3.91. The number of hydrogen-bond acceptors (Lipinski definition) is 0. The summed E-state index contributed by atoms with van der Waals surface area (Å²) in [7, 11) is 2.15. The fourth-order valence-corrected chi connectivity index (χ4v) is 2.46. The lowest BCUT2D eigenvalue weighted by Gasteiger charge is -2.20. The second kappa shape index (κ2) is 3.00. The molecule has 0 bridgehead atoms. The monoisotopic (exact) mass is 214 g/mol. The van der Waals surface area contributed by atoms with Crippen molar-refractivity contribution in [1.82, 2.24) is 0 Å². The van der Waals surface area contributed by atoms with E-state index < -0.39 is 5.41 Å². The second-order valence-electron chi connectivity index (χ2n) is 4.10. The summed E-state index contributed by atoms with van der Waals surface area (Å²) in [6.45, 7) is 3.47. The van der Waals surface area contributed by atoms with Gasteiger partial charge in [-0.15, -0.1) is 0 Å². The molecule has 0 aliphatic heterocycles. The smallest absolute Gasteiger partial charge is 0.154 e. The minimum atomic E-state index is -1.59. The number of benzene rings is 1. The van der Waals surface area contributed by atoms with Crippen LogP contribution >= 0.6 is 9.24 Å². The van der Waals surface area contributed by atoms with E-state index in [0.717, 1.165) is 5.56 Å². The van der Waals surface area contributed by atoms with Crippen LogP contribution in [0.15, 0.2) is 12.1 Å². The van der Waals surface area contributed by atoms with Gasteiger partial charge in [0, 0.05) is 11.5 Å². The number of rotatable bonds is 0. The zero-order valence-corrected chi connectivity index (χ0v) is 9.43. The summed E-state index contributed by atoms with van der Waals surface area (Å²) in [6.07, 6.45) is 0.618. The summed E-state index contributed by atoms with van der Waals surface area (Å²) in [5, 5.41) is -1.59. The second-order valence-corrected chi connectivity index (χ2v) is 4.94. The predicted octanol–water partition coefficient (Wildman–Crippen LogP) is 3.32. The Balaban J connectivity index is 2.68. The van der Waals surface area contributed by atoms with E-state index >= 15 is 0 Å². The highest BCUT2D eigenvalue weighted by molar-refractivity contribution is 7.18. The van der Waals surface area contributed by atoms with Gasteiger partial charge in [0.15, 0.2) is 5.41 Å². The van der Waals surface area contributed by atoms with Crippen molar-refractivity contribution in [1.29, 1.82) is 0 Å². The van der Waals surface area contributed by atoms with Crippen molar-refractivity contribution >= 4 is 9.24 Å². The van der Waals surface area contributed by atoms with Gasteiger partial charge in [0.1, 0.15) is 5.82 Å². The lowest BCUT2D eigenvalue weighted by Crippen LogP contribution is -2.17. The molecule has 0 heterocycles. The Bertz CT molecular complexity index is 385. The number of alkyl halides is 1. The number of fused-ring (bicyclic) bond motifs is 1. The standard InChI is InChI=1S/C11H13F2P/c1-6-3-4-8-5-7(2)11(13,14)9(8)10(6)12/h3-4,7H,5,14H2,1-2H3. The fourth-order valence-electron chi connectivity index (χ4n) is 2.03. The maximum Gasteiger partial charge on any atom is 0.154 e. The van der Waals surface area contributed by atoms with Crippen molar-refractivity contribution in [3.8, 4) is 0 Å². The van der Waals surface area contributed by atoms with Crippen LogP contribution in [0.1, 0.15) is 23.6 Å². The molecule has 0 N–H and O–H groups in total. The lowest BCUT2D eigenvalue weighted by molar-refractivity contribution is 0.216. The van der Waals surface area contributed by atoms with Crippen molar-refractivity contribution in [3.05, 3.63) is 34.6 Å². The molecule has 1 aromatic carbocycles. The van der Waals surface area contributed by atoms with E-state index in [1.165, 1.54) is 0 Å². The highest BCUT2D eigenvalue weighted by Crippen LogP contribution is 2.50. The van der Waals surface area contributed by atoms with E-state index in [9.17, 15) is 8.78 Å². The molecule has 2 rings (SSSR count). The highest BCUT2D eigenvalue weighted by Gasteiger charge is 2.43. The zero-order chi connectivity index (χ0) is 10.5. The maximum atomic E-state index is 14.2. The Labute approximate surface area is 84.9 Å². The normalized spacial score (nSPS) is 30.5. The fraction of sp³-hybridized carbons (Fsp3) is 0.455. The average Bonchev–Trinajstić information content (AvgIpc) is 2.32. The summed E-state index contributed by atoms with van der Waals surface area (Å²) >= 11 is 0. The third kappa shape index (κ3) is 1.20. The van der Waals surface area contributed by atoms with Gasteiger partial charge in [0.05, 0.1) is 0 Å². The Kier molecular flexibility index (Phi) is 2.15. The van der Waals surface area contributed by atoms with Crippen molar-refractivity contribution in [2.45, 2.75) is 25.7 Å². The van der Waals surface area contributed by atoms with E-state index in [0.29, 0.717) is 12.0 Å². The molecule has 0 nitrogen and oxygen atoms in total. The van der Waals surface area contributed by atoms with Crippen LogP contribution in [0.2, 0.25) is 0 Å². The van der Waals surface area contributed by atoms with Gasteiger partial charge in [0.2, 0.25) is 0 Å². The van der Waals surface area contributed by atoms with E-state index in [4.69, 9.17) is 0 Å². The molecular weight excluding hydrogens is 201 g/mol. The molecule has 0 aromatic heterocycles. The van der Waals surface area contributed by atoms with Crippen LogP contribution in [0.3, 0.4) is 0 Å². The van der Waals surface area contributed by atoms with Gasteiger partial charge >= 0.3 is 0 Å². The summed E-state index contributed by atoms with van der Waals surface area (Å²) in [6, 6.07) is 3.54. The van der Waals surface area contributed by atoms with Gasteiger partial charge in [0.25, 0.3) is 0 Å². The molecule has 0 saturated carbocycles. The van der Waals surface area contributed by atoms with Crippen molar-refractivity contribution in [2.75, 3.05) is 0 Å². The Morgan fingerprint density at radius 1 is 1.50 bits per heavy atom. The Morgan fingerprint density at radius 3 is 2.79 bits per heavy atom. The van der Waals surface area contributed by atoms with Crippen LogP contribution in [-0.2, 0) is 11.8 Å².